The van der Waals surface area contributed by atoms with E-state index in [1.807, 2.05) is 19.2 Å². The summed E-state index contributed by atoms with van der Waals surface area (Å²) in [7, 11) is -3.62. The molecule has 0 saturated carbocycles. The lowest BCUT2D eigenvalue weighted by Gasteiger charge is -2.33. The predicted octanol–water partition coefficient (Wildman–Crippen LogP) is 4.07. The number of para-hydroxylation sites is 1. The molecule has 2 aromatic carbocycles. The van der Waals surface area contributed by atoms with E-state index in [0.29, 0.717) is 35.8 Å². The number of amides is 1. The molecule has 0 unspecified atom stereocenters. The van der Waals surface area contributed by atoms with Crippen molar-refractivity contribution in [1.82, 2.24) is 19.1 Å². The number of sulfonamides is 1. The number of rotatable bonds is 7. The minimum absolute atomic E-state index is 0.131. The monoisotopic (exact) mass is 527 g/mol. The number of piperidine rings is 1. The fourth-order valence-electron chi connectivity index (χ4n) is 4.38. The van der Waals surface area contributed by atoms with E-state index in [1.165, 1.54) is 21.7 Å². The van der Waals surface area contributed by atoms with Crippen LogP contribution >= 0.6 is 11.3 Å². The summed E-state index contributed by atoms with van der Waals surface area (Å²) in [5.74, 6) is -0.915. The van der Waals surface area contributed by atoms with E-state index < -0.39 is 15.8 Å². The van der Waals surface area contributed by atoms with Crippen LogP contribution in [-0.2, 0) is 21.4 Å². The summed E-state index contributed by atoms with van der Waals surface area (Å²) < 4.78 is 44.3. The molecule has 1 amide bonds. The average Bonchev–Trinajstić information content (AvgIpc) is 3.55. The molecule has 2 aromatic heterocycles. The van der Waals surface area contributed by atoms with E-state index in [9.17, 15) is 17.6 Å². The van der Waals surface area contributed by atoms with Gasteiger partial charge >= 0.3 is 0 Å². The molecule has 3 heterocycles. The van der Waals surface area contributed by atoms with Gasteiger partial charge in [-0.1, -0.05) is 35.1 Å². The summed E-state index contributed by atoms with van der Waals surface area (Å²) in [6.45, 7) is 3.20. The third-order valence-electron chi connectivity index (χ3n) is 6.43. The van der Waals surface area contributed by atoms with Crippen LogP contribution < -0.4 is 4.90 Å². The van der Waals surface area contributed by atoms with Crippen molar-refractivity contribution in [3.63, 3.8) is 0 Å². The molecule has 0 aliphatic carbocycles. The molecule has 0 bridgehead atoms. The van der Waals surface area contributed by atoms with Crippen molar-refractivity contribution in [3.8, 4) is 0 Å². The van der Waals surface area contributed by atoms with E-state index in [-0.39, 0.29) is 35.3 Å². The molecule has 1 fully saturated rings. The van der Waals surface area contributed by atoms with Crippen LogP contribution in [0.4, 0.5) is 9.52 Å². The van der Waals surface area contributed by atoms with Gasteiger partial charge in [0.05, 0.1) is 16.1 Å². The topological polar surface area (TPSA) is 88.4 Å². The molecular weight excluding hydrogens is 501 g/mol. The summed E-state index contributed by atoms with van der Waals surface area (Å²) in [6, 6.07) is 13.4. The predicted molar refractivity (Wildman–Crippen MR) is 137 cm³/mol. The van der Waals surface area contributed by atoms with Gasteiger partial charge in [-0.25, -0.2) is 17.8 Å². The van der Waals surface area contributed by atoms with E-state index >= 15 is 0 Å². The van der Waals surface area contributed by atoms with Gasteiger partial charge in [-0.3, -0.25) is 14.4 Å². The lowest BCUT2D eigenvalue weighted by atomic mass is 9.96. The summed E-state index contributed by atoms with van der Waals surface area (Å²) in [4.78, 5) is 20.0. The molecule has 1 aliphatic heterocycles. The van der Waals surface area contributed by atoms with Gasteiger partial charge in [0.2, 0.25) is 15.9 Å². The van der Waals surface area contributed by atoms with E-state index in [1.54, 1.807) is 52.2 Å². The number of thiazole rings is 1. The second-order valence-electron chi connectivity index (χ2n) is 8.83. The molecule has 5 rings (SSSR count). The molecule has 0 N–H and O–H groups in total. The van der Waals surface area contributed by atoms with Crippen molar-refractivity contribution in [1.29, 1.82) is 0 Å². The van der Waals surface area contributed by atoms with Crippen molar-refractivity contribution >= 4 is 42.6 Å². The van der Waals surface area contributed by atoms with E-state index in [4.69, 9.17) is 0 Å². The van der Waals surface area contributed by atoms with Gasteiger partial charge in [0.25, 0.3) is 0 Å². The summed E-state index contributed by atoms with van der Waals surface area (Å²) in [5, 5.41) is 4.64. The Bertz CT molecular complexity index is 1460. The molecule has 188 valence electrons. The lowest BCUT2D eigenvalue weighted by Crippen LogP contribution is -2.45. The van der Waals surface area contributed by atoms with Gasteiger partial charge in [-0.15, -0.1) is 0 Å². The lowest BCUT2D eigenvalue weighted by molar-refractivity contribution is -0.123. The number of hydrogen-bond donors (Lipinski definition) is 0. The van der Waals surface area contributed by atoms with Crippen molar-refractivity contribution in [2.24, 2.45) is 5.92 Å². The van der Waals surface area contributed by atoms with Crippen molar-refractivity contribution in [3.05, 3.63) is 72.3 Å². The maximum absolute atomic E-state index is 14.3. The Morgan fingerprint density at radius 2 is 1.89 bits per heavy atom. The summed E-state index contributed by atoms with van der Waals surface area (Å²) in [5.41, 5.74) is 1.23. The minimum atomic E-state index is -3.62. The SMILES string of the molecule is Cc1ccc(S(=O)(=O)N2CCC(C(=O)N(CCn3cccn3)c3nc4c(F)cccc4s3)CC2)cc1. The van der Waals surface area contributed by atoms with Crippen LogP contribution in [0.3, 0.4) is 0 Å². The standard InChI is InChI=1S/C25H26FN5O3S2/c1-18-6-8-20(9-7-18)36(33,34)30-14-10-19(11-15-30)24(32)31(17-16-29-13-3-12-27-29)25-28-23-21(26)4-2-5-22(23)35-25/h2-9,12-13,19H,10-11,14-17H2,1H3. The van der Waals surface area contributed by atoms with E-state index in [2.05, 4.69) is 10.1 Å². The van der Waals surface area contributed by atoms with Gasteiger partial charge in [0.1, 0.15) is 11.3 Å². The molecule has 4 aromatic rings. The number of carbonyl (C=O) groups is 1. The summed E-state index contributed by atoms with van der Waals surface area (Å²) in [6.07, 6.45) is 4.29. The number of aromatic nitrogens is 3. The first kappa shape index (κ1) is 24.5. The first-order chi connectivity index (χ1) is 17.3. The smallest absolute Gasteiger partial charge is 0.243 e. The van der Waals surface area contributed by atoms with Crippen LogP contribution in [0.2, 0.25) is 0 Å². The fraction of sp³-hybridized carbons (Fsp3) is 0.320. The molecule has 0 atom stereocenters. The highest BCUT2D eigenvalue weighted by Crippen LogP contribution is 2.33. The first-order valence-corrected chi connectivity index (χ1v) is 14.0. The third kappa shape index (κ3) is 4.91. The van der Waals surface area contributed by atoms with Gasteiger partial charge in [0, 0.05) is 37.9 Å². The molecular formula is C25H26FN5O3S2. The second kappa shape index (κ2) is 10.1. The average molecular weight is 528 g/mol. The zero-order valence-electron chi connectivity index (χ0n) is 19.7. The van der Waals surface area contributed by atoms with Gasteiger partial charge in [0.15, 0.2) is 5.13 Å². The third-order valence-corrected chi connectivity index (χ3v) is 9.39. The number of anilines is 1. The zero-order valence-corrected chi connectivity index (χ0v) is 21.4. The number of nitrogens with zero attached hydrogens (tertiary/aromatic N) is 5. The number of aryl methyl sites for hydroxylation is 1. The molecule has 36 heavy (non-hydrogen) atoms. The Morgan fingerprint density at radius 1 is 1.14 bits per heavy atom. The van der Waals surface area contributed by atoms with Crippen molar-refractivity contribution < 1.29 is 17.6 Å². The van der Waals surface area contributed by atoms with Crippen molar-refractivity contribution in [2.75, 3.05) is 24.5 Å². The highest BCUT2D eigenvalue weighted by atomic mass is 32.2. The number of halogens is 1. The number of fused-ring (bicyclic) bond motifs is 1. The molecule has 1 saturated heterocycles. The quantitative estimate of drug-likeness (QED) is 0.362. The van der Waals surface area contributed by atoms with Crippen LogP contribution in [0.5, 0.6) is 0 Å². The Labute approximate surface area is 213 Å². The van der Waals surface area contributed by atoms with Crippen LogP contribution in [-0.4, -0.2) is 53.0 Å². The molecule has 0 spiro atoms. The van der Waals surface area contributed by atoms with Crippen LogP contribution in [0.15, 0.2) is 65.8 Å². The normalized spacial score (nSPS) is 15.4. The number of benzene rings is 2. The Kier molecular flexibility index (Phi) is 6.87. The summed E-state index contributed by atoms with van der Waals surface area (Å²) >= 11 is 1.27. The Morgan fingerprint density at radius 3 is 2.56 bits per heavy atom. The Hall–Kier alpha value is -3.15. The Balaban J connectivity index is 1.34. The van der Waals surface area contributed by atoms with Crippen molar-refractivity contribution in [2.45, 2.75) is 31.2 Å². The maximum atomic E-state index is 14.3. The molecule has 8 nitrogen and oxygen atoms in total. The molecule has 1 aliphatic rings. The van der Waals surface area contributed by atoms with Gasteiger partial charge in [-0.05, 0) is 50.1 Å². The highest BCUT2D eigenvalue weighted by molar-refractivity contribution is 7.89. The molecule has 11 heteroatoms. The molecule has 0 radical (unpaired) electrons. The van der Waals surface area contributed by atoms with Crippen LogP contribution in [0.1, 0.15) is 18.4 Å². The second-order valence-corrected chi connectivity index (χ2v) is 11.8. The minimum Gasteiger partial charge on any atom is -0.286 e. The van der Waals surface area contributed by atoms with Gasteiger partial charge in [-0.2, -0.15) is 9.40 Å². The highest BCUT2D eigenvalue weighted by Gasteiger charge is 2.35. The fourth-order valence-corrected chi connectivity index (χ4v) is 6.86. The maximum Gasteiger partial charge on any atom is 0.243 e. The van der Waals surface area contributed by atoms with Gasteiger partial charge < -0.3 is 0 Å². The van der Waals surface area contributed by atoms with E-state index in [0.717, 1.165) is 5.56 Å². The first-order valence-electron chi connectivity index (χ1n) is 11.7. The van der Waals surface area contributed by atoms with Crippen LogP contribution in [0, 0.1) is 18.7 Å². The zero-order chi connectivity index (χ0) is 25.3. The number of hydrogen-bond acceptors (Lipinski definition) is 6. The van der Waals surface area contributed by atoms with Crippen LogP contribution in [0.25, 0.3) is 10.2 Å². The number of carbonyl (C=O) groups excluding carboxylic acids is 1. The largest absolute Gasteiger partial charge is 0.286 e.